The highest BCUT2D eigenvalue weighted by molar-refractivity contribution is 7.15. The van der Waals surface area contributed by atoms with Crippen LogP contribution < -0.4 is 5.32 Å². The van der Waals surface area contributed by atoms with Crippen molar-refractivity contribution in [1.82, 2.24) is 5.32 Å². The number of thiophene rings is 1. The van der Waals surface area contributed by atoms with Crippen LogP contribution in [-0.2, 0) is 0 Å². The monoisotopic (exact) mass is 281 g/mol. The maximum atomic E-state index is 13.7. The lowest BCUT2D eigenvalue weighted by molar-refractivity contribution is 0.550. The average molecular weight is 281 g/mol. The Morgan fingerprint density at radius 2 is 1.84 bits per heavy atom. The molecule has 1 heterocycles. The minimum absolute atomic E-state index is 0.0742. The molecule has 0 saturated heterocycles. The lowest BCUT2D eigenvalue weighted by Crippen LogP contribution is -2.14. The van der Waals surface area contributed by atoms with Crippen molar-refractivity contribution in [2.45, 2.75) is 25.8 Å². The molecule has 0 amide bonds. The standard InChI is InChI=1S/C15H17F2NS/c1-3-5-12(18-2)13-8-9-14(19-13)15-10(16)6-4-7-11(15)17/h4,6-9,12,18H,3,5H2,1-2H3. The smallest absolute Gasteiger partial charge is 0.134 e. The highest BCUT2D eigenvalue weighted by Crippen LogP contribution is 2.35. The summed E-state index contributed by atoms with van der Waals surface area (Å²) in [6.45, 7) is 2.12. The van der Waals surface area contributed by atoms with E-state index in [2.05, 4.69) is 12.2 Å². The van der Waals surface area contributed by atoms with Gasteiger partial charge >= 0.3 is 0 Å². The van der Waals surface area contributed by atoms with Crippen molar-refractivity contribution in [2.24, 2.45) is 0 Å². The highest BCUT2D eigenvalue weighted by atomic mass is 32.1. The predicted molar refractivity (Wildman–Crippen MR) is 76.4 cm³/mol. The first-order valence-corrected chi connectivity index (χ1v) is 7.20. The van der Waals surface area contributed by atoms with Crippen LogP contribution in [0.3, 0.4) is 0 Å². The molecule has 1 N–H and O–H groups in total. The molecule has 19 heavy (non-hydrogen) atoms. The molecule has 0 radical (unpaired) electrons. The summed E-state index contributed by atoms with van der Waals surface area (Å²) in [5, 5.41) is 3.24. The van der Waals surface area contributed by atoms with Crippen molar-refractivity contribution in [3.05, 3.63) is 46.8 Å². The molecule has 102 valence electrons. The Morgan fingerprint density at radius 3 is 2.42 bits per heavy atom. The van der Waals surface area contributed by atoms with E-state index in [1.807, 2.05) is 13.1 Å². The average Bonchev–Trinajstić information content (AvgIpc) is 2.85. The molecule has 2 aromatic rings. The second-order valence-electron chi connectivity index (χ2n) is 4.43. The molecular weight excluding hydrogens is 264 g/mol. The quantitative estimate of drug-likeness (QED) is 0.833. The summed E-state index contributed by atoms with van der Waals surface area (Å²) in [6, 6.07) is 7.96. The van der Waals surface area contributed by atoms with E-state index >= 15 is 0 Å². The van der Waals surface area contributed by atoms with Gasteiger partial charge in [-0.2, -0.15) is 0 Å². The third-order valence-electron chi connectivity index (χ3n) is 3.11. The summed E-state index contributed by atoms with van der Waals surface area (Å²) in [7, 11) is 1.91. The molecule has 0 aliphatic carbocycles. The Balaban J connectivity index is 2.35. The molecule has 0 bridgehead atoms. The Morgan fingerprint density at radius 1 is 1.16 bits per heavy atom. The van der Waals surface area contributed by atoms with E-state index in [0.29, 0.717) is 4.88 Å². The topological polar surface area (TPSA) is 12.0 Å². The van der Waals surface area contributed by atoms with Gasteiger partial charge in [-0.25, -0.2) is 8.78 Å². The van der Waals surface area contributed by atoms with Crippen LogP contribution in [0.2, 0.25) is 0 Å². The maximum Gasteiger partial charge on any atom is 0.134 e. The van der Waals surface area contributed by atoms with Crippen molar-refractivity contribution in [3.63, 3.8) is 0 Å². The van der Waals surface area contributed by atoms with Crippen molar-refractivity contribution in [1.29, 1.82) is 0 Å². The molecular formula is C15H17F2NS. The molecule has 0 spiro atoms. The largest absolute Gasteiger partial charge is 0.312 e. The van der Waals surface area contributed by atoms with Crippen LogP contribution in [0.25, 0.3) is 10.4 Å². The lowest BCUT2D eigenvalue weighted by atomic mass is 10.1. The number of halogens is 2. The van der Waals surface area contributed by atoms with Gasteiger partial charge in [-0.1, -0.05) is 19.4 Å². The van der Waals surface area contributed by atoms with Gasteiger partial charge in [0.05, 0.1) is 5.56 Å². The molecule has 1 nitrogen and oxygen atoms in total. The van der Waals surface area contributed by atoms with Crippen LogP contribution >= 0.6 is 11.3 Å². The second kappa shape index (κ2) is 6.26. The van der Waals surface area contributed by atoms with Crippen LogP contribution in [0.1, 0.15) is 30.7 Å². The van der Waals surface area contributed by atoms with E-state index in [1.54, 1.807) is 6.07 Å². The molecule has 0 saturated carbocycles. The maximum absolute atomic E-state index is 13.7. The van der Waals surface area contributed by atoms with Crippen molar-refractivity contribution in [2.75, 3.05) is 7.05 Å². The van der Waals surface area contributed by atoms with E-state index < -0.39 is 11.6 Å². The number of hydrogen-bond acceptors (Lipinski definition) is 2. The fourth-order valence-corrected chi connectivity index (χ4v) is 3.33. The first kappa shape index (κ1) is 14.2. The van der Waals surface area contributed by atoms with Crippen molar-refractivity contribution >= 4 is 11.3 Å². The van der Waals surface area contributed by atoms with Gasteiger partial charge in [-0.15, -0.1) is 11.3 Å². The van der Waals surface area contributed by atoms with Crippen LogP contribution in [0.5, 0.6) is 0 Å². The first-order chi connectivity index (χ1) is 9.17. The zero-order valence-electron chi connectivity index (χ0n) is 11.0. The second-order valence-corrected chi connectivity index (χ2v) is 5.54. The van der Waals surface area contributed by atoms with Crippen LogP contribution in [-0.4, -0.2) is 7.05 Å². The first-order valence-electron chi connectivity index (χ1n) is 6.38. The van der Waals surface area contributed by atoms with Crippen LogP contribution in [0.4, 0.5) is 8.78 Å². The third kappa shape index (κ3) is 3.01. The third-order valence-corrected chi connectivity index (χ3v) is 4.32. The van der Waals surface area contributed by atoms with Crippen molar-refractivity contribution < 1.29 is 8.78 Å². The zero-order chi connectivity index (χ0) is 13.8. The molecule has 1 unspecified atom stereocenters. The summed E-state index contributed by atoms with van der Waals surface area (Å²) >= 11 is 1.44. The predicted octanol–water partition coefficient (Wildman–Crippen LogP) is 4.75. The number of benzene rings is 1. The van der Waals surface area contributed by atoms with Crippen LogP contribution in [0.15, 0.2) is 30.3 Å². The minimum Gasteiger partial charge on any atom is -0.312 e. The number of hydrogen-bond donors (Lipinski definition) is 1. The molecule has 1 atom stereocenters. The molecule has 2 rings (SSSR count). The Labute approximate surface area is 116 Å². The van der Waals surface area contributed by atoms with Gasteiger partial charge in [0, 0.05) is 15.8 Å². The van der Waals surface area contributed by atoms with Gasteiger partial charge in [-0.05, 0) is 37.7 Å². The number of rotatable bonds is 5. The SMILES string of the molecule is CCCC(NC)c1ccc(-c2c(F)cccc2F)s1. The van der Waals surface area contributed by atoms with E-state index in [0.717, 1.165) is 17.7 Å². The Kier molecular flexibility index (Phi) is 4.66. The van der Waals surface area contributed by atoms with Crippen LogP contribution in [0, 0.1) is 11.6 Å². The van der Waals surface area contributed by atoms with Gasteiger partial charge in [0.1, 0.15) is 11.6 Å². The fraction of sp³-hybridized carbons (Fsp3) is 0.333. The molecule has 0 aliphatic rings. The van der Waals surface area contributed by atoms with Gasteiger partial charge in [0.2, 0.25) is 0 Å². The van der Waals surface area contributed by atoms with Gasteiger partial charge in [-0.3, -0.25) is 0 Å². The zero-order valence-corrected chi connectivity index (χ0v) is 11.9. The molecule has 0 aliphatic heterocycles. The summed E-state index contributed by atoms with van der Waals surface area (Å²) in [6.07, 6.45) is 2.07. The summed E-state index contributed by atoms with van der Waals surface area (Å²) in [4.78, 5) is 1.75. The van der Waals surface area contributed by atoms with Gasteiger partial charge < -0.3 is 5.32 Å². The minimum atomic E-state index is -0.509. The lowest BCUT2D eigenvalue weighted by Gasteiger charge is -2.12. The summed E-state index contributed by atoms with van der Waals surface area (Å²) in [5.41, 5.74) is 0.0742. The molecule has 1 aromatic heterocycles. The normalized spacial score (nSPS) is 12.6. The fourth-order valence-electron chi connectivity index (χ4n) is 2.13. The van der Waals surface area contributed by atoms with E-state index in [-0.39, 0.29) is 11.6 Å². The summed E-state index contributed by atoms with van der Waals surface area (Å²) < 4.78 is 27.5. The Bertz CT molecular complexity index is 531. The molecule has 4 heteroatoms. The molecule has 0 fully saturated rings. The Hall–Kier alpha value is -1.26. The number of nitrogens with one attached hydrogen (secondary N) is 1. The van der Waals surface area contributed by atoms with Gasteiger partial charge in [0.25, 0.3) is 0 Å². The summed E-state index contributed by atoms with van der Waals surface area (Å²) in [5.74, 6) is -1.02. The van der Waals surface area contributed by atoms with E-state index in [1.165, 1.54) is 29.5 Å². The van der Waals surface area contributed by atoms with E-state index in [9.17, 15) is 8.78 Å². The van der Waals surface area contributed by atoms with Gasteiger partial charge in [0.15, 0.2) is 0 Å². The molecule has 1 aromatic carbocycles. The van der Waals surface area contributed by atoms with Crippen molar-refractivity contribution in [3.8, 4) is 10.4 Å². The highest BCUT2D eigenvalue weighted by Gasteiger charge is 2.16. The van der Waals surface area contributed by atoms with E-state index in [4.69, 9.17) is 0 Å².